The molecule has 0 unspecified atom stereocenters. The van der Waals surface area contributed by atoms with Crippen molar-refractivity contribution in [2.45, 2.75) is 52.2 Å². The number of carbonyl (C=O) groups excluding carboxylic acids is 1. The van der Waals surface area contributed by atoms with E-state index >= 15 is 0 Å². The molecule has 0 aliphatic carbocycles. The van der Waals surface area contributed by atoms with E-state index in [1.807, 2.05) is 55.5 Å². The Hall–Kier alpha value is -2.49. The number of carbonyl (C=O) groups is 1. The normalized spacial score (nSPS) is 12.9. The van der Waals surface area contributed by atoms with Crippen LogP contribution in [0.1, 0.15) is 50.8 Å². The number of nitrogens with one attached hydrogen (secondary N) is 1. The molecular formula is C22H29NO3. The van der Waals surface area contributed by atoms with Gasteiger partial charge in [0.05, 0.1) is 13.2 Å². The lowest BCUT2D eigenvalue weighted by Crippen LogP contribution is -2.39. The van der Waals surface area contributed by atoms with Crippen molar-refractivity contribution >= 4 is 5.91 Å². The van der Waals surface area contributed by atoms with Gasteiger partial charge in [0.1, 0.15) is 11.5 Å². The van der Waals surface area contributed by atoms with Gasteiger partial charge in [-0.2, -0.15) is 0 Å². The smallest absolute Gasteiger partial charge is 0.261 e. The zero-order valence-electron chi connectivity index (χ0n) is 16.1. The lowest BCUT2D eigenvalue weighted by atomic mass is 10.0. The van der Waals surface area contributed by atoms with Gasteiger partial charge < -0.3 is 14.8 Å². The van der Waals surface area contributed by atoms with Crippen LogP contribution in [-0.4, -0.2) is 19.1 Å². The predicted molar refractivity (Wildman–Crippen MR) is 105 cm³/mol. The lowest BCUT2D eigenvalue weighted by molar-refractivity contribution is -0.128. The number of benzene rings is 2. The number of rotatable bonds is 9. The van der Waals surface area contributed by atoms with Crippen molar-refractivity contribution < 1.29 is 14.3 Å². The molecule has 2 aromatic carbocycles. The first-order valence-corrected chi connectivity index (χ1v) is 9.31. The molecule has 0 aliphatic rings. The van der Waals surface area contributed by atoms with Crippen molar-refractivity contribution in [1.29, 1.82) is 0 Å². The highest BCUT2D eigenvalue weighted by Gasteiger charge is 2.22. The molecule has 2 atom stereocenters. The minimum absolute atomic E-state index is 0.0477. The summed E-state index contributed by atoms with van der Waals surface area (Å²) in [6.45, 7) is 6.13. The number of hydrogen-bond donors (Lipinski definition) is 1. The molecule has 2 aromatic rings. The van der Waals surface area contributed by atoms with E-state index in [4.69, 9.17) is 9.47 Å². The highest BCUT2D eigenvalue weighted by atomic mass is 16.5. The first-order chi connectivity index (χ1) is 12.6. The first kappa shape index (κ1) is 19.8. The Balaban J connectivity index is 2.03. The third-order valence-electron chi connectivity index (χ3n) is 4.52. The second-order valence-electron chi connectivity index (χ2n) is 6.25. The molecule has 0 spiro atoms. The van der Waals surface area contributed by atoms with Crippen LogP contribution in [0.2, 0.25) is 0 Å². The predicted octanol–water partition coefficient (Wildman–Crippen LogP) is 4.68. The summed E-state index contributed by atoms with van der Waals surface area (Å²) < 4.78 is 11.1. The Morgan fingerprint density at radius 2 is 1.54 bits per heavy atom. The van der Waals surface area contributed by atoms with Crippen LogP contribution in [0.3, 0.4) is 0 Å². The van der Waals surface area contributed by atoms with Gasteiger partial charge >= 0.3 is 0 Å². The topological polar surface area (TPSA) is 47.6 Å². The SMILES string of the molecule is CCc1ccc(O[C@H](CC)C(=O)N[C@H](CC)c2ccc(OC)cc2)cc1. The Morgan fingerprint density at radius 3 is 2.04 bits per heavy atom. The minimum atomic E-state index is -0.505. The van der Waals surface area contributed by atoms with Gasteiger partial charge in [-0.05, 0) is 54.7 Å². The fourth-order valence-corrected chi connectivity index (χ4v) is 2.81. The van der Waals surface area contributed by atoms with E-state index in [1.54, 1.807) is 7.11 Å². The Bertz CT molecular complexity index is 680. The average molecular weight is 355 g/mol. The van der Waals surface area contributed by atoms with Crippen molar-refractivity contribution in [3.8, 4) is 11.5 Å². The summed E-state index contributed by atoms with van der Waals surface area (Å²) in [6, 6.07) is 15.7. The molecule has 4 heteroatoms. The summed E-state index contributed by atoms with van der Waals surface area (Å²) >= 11 is 0. The van der Waals surface area contributed by atoms with E-state index in [0.29, 0.717) is 6.42 Å². The van der Waals surface area contributed by atoms with Gasteiger partial charge in [-0.15, -0.1) is 0 Å². The van der Waals surface area contributed by atoms with Crippen LogP contribution >= 0.6 is 0 Å². The Kier molecular flexibility index (Phi) is 7.52. The standard InChI is InChI=1S/C22H29NO3/c1-5-16-8-12-19(13-9-16)26-21(7-3)22(24)23-20(6-2)17-10-14-18(25-4)15-11-17/h8-15,20-21H,5-7H2,1-4H3,(H,23,24)/t20-,21-/m1/s1. The number of methoxy groups -OCH3 is 1. The summed E-state index contributed by atoms with van der Waals surface area (Å²) in [6.07, 6.45) is 1.90. The number of aryl methyl sites for hydroxylation is 1. The third kappa shape index (κ3) is 5.25. The van der Waals surface area contributed by atoms with E-state index < -0.39 is 6.10 Å². The molecule has 0 bridgehead atoms. The highest BCUT2D eigenvalue weighted by molar-refractivity contribution is 5.81. The van der Waals surface area contributed by atoms with Gasteiger partial charge in [0.15, 0.2) is 6.10 Å². The largest absolute Gasteiger partial charge is 0.497 e. The first-order valence-electron chi connectivity index (χ1n) is 9.31. The molecule has 4 nitrogen and oxygen atoms in total. The molecule has 2 rings (SSSR count). The Labute approximate surface area is 156 Å². The lowest BCUT2D eigenvalue weighted by Gasteiger charge is -2.22. The van der Waals surface area contributed by atoms with Crippen LogP contribution in [0.25, 0.3) is 0 Å². The van der Waals surface area contributed by atoms with Gasteiger partial charge in [0.25, 0.3) is 5.91 Å². The van der Waals surface area contributed by atoms with E-state index in [9.17, 15) is 4.79 Å². The molecule has 1 N–H and O–H groups in total. The second kappa shape index (κ2) is 9.85. The molecule has 0 heterocycles. The summed E-state index contributed by atoms with van der Waals surface area (Å²) in [5.41, 5.74) is 2.31. The van der Waals surface area contributed by atoms with Crippen LogP contribution in [-0.2, 0) is 11.2 Å². The van der Waals surface area contributed by atoms with Crippen molar-refractivity contribution in [3.05, 3.63) is 59.7 Å². The number of hydrogen-bond acceptors (Lipinski definition) is 3. The molecule has 0 fully saturated rings. The molecule has 140 valence electrons. The fraction of sp³-hybridized carbons (Fsp3) is 0.409. The molecule has 0 radical (unpaired) electrons. The second-order valence-corrected chi connectivity index (χ2v) is 6.25. The molecule has 0 saturated carbocycles. The van der Waals surface area contributed by atoms with E-state index in [1.165, 1.54) is 5.56 Å². The monoisotopic (exact) mass is 355 g/mol. The van der Waals surface area contributed by atoms with Gasteiger partial charge in [-0.3, -0.25) is 4.79 Å². The molecule has 26 heavy (non-hydrogen) atoms. The summed E-state index contributed by atoms with van der Waals surface area (Å²) in [5, 5.41) is 3.11. The summed E-state index contributed by atoms with van der Waals surface area (Å²) in [5.74, 6) is 1.44. The molecule has 1 amide bonds. The van der Waals surface area contributed by atoms with Crippen molar-refractivity contribution in [2.75, 3.05) is 7.11 Å². The Morgan fingerprint density at radius 1 is 0.923 bits per heavy atom. The fourth-order valence-electron chi connectivity index (χ4n) is 2.81. The molecule has 0 aliphatic heterocycles. The van der Waals surface area contributed by atoms with Gasteiger partial charge in [0, 0.05) is 0 Å². The molecule has 0 aromatic heterocycles. The van der Waals surface area contributed by atoms with E-state index in [-0.39, 0.29) is 11.9 Å². The summed E-state index contributed by atoms with van der Waals surface area (Å²) in [7, 11) is 1.64. The van der Waals surface area contributed by atoms with E-state index in [0.717, 1.165) is 29.9 Å². The van der Waals surface area contributed by atoms with Gasteiger partial charge in [-0.1, -0.05) is 45.0 Å². The third-order valence-corrected chi connectivity index (χ3v) is 4.52. The quantitative estimate of drug-likeness (QED) is 0.710. The van der Waals surface area contributed by atoms with Crippen LogP contribution in [0.15, 0.2) is 48.5 Å². The van der Waals surface area contributed by atoms with Crippen molar-refractivity contribution in [2.24, 2.45) is 0 Å². The number of ether oxygens (including phenoxy) is 2. The zero-order valence-corrected chi connectivity index (χ0v) is 16.1. The molecular weight excluding hydrogens is 326 g/mol. The zero-order chi connectivity index (χ0) is 18.9. The number of amides is 1. The highest BCUT2D eigenvalue weighted by Crippen LogP contribution is 2.21. The van der Waals surface area contributed by atoms with Crippen LogP contribution in [0.5, 0.6) is 11.5 Å². The van der Waals surface area contributed by atoms with E-state index in [2.05, 4.69) is 19.2 Å². The van der Waals surface area contributed by atoms with Crippen molar-refractivity contribution in [1.82, 2.24) is 5.32 Å². The van der Waals surface area contributed by atoms with Gasteiger partial charge in [-0.25, -0.2) is 0 Å². The average Bonchev–Trinajstić information content (AvgIpc) is 2.70. The van der Waals surface area contributed by atoms with Crippen LogP contribution in [0, 0.1) is 0 Å². The van der Waals surface area contributed by atoms with Gasteiger partial charge in [0.2, 0.25) is 0 Å². The van der Waals surface area contributed by atoms with Crippen LogP contribution < -0.4 is 14.8 Å². The molecule has 0 saturated heterocycles. The van der Waals surface area contributed by atoms with Crippen molar-refractivity contribution in [3.63, 3.8) is 0 Å². The summed E-state index contributed by atoms with van der Waals surface area (Å²) in [4.78, 5) is 12.7. The maximum absolute atomic E-state index is 12.7. The van der Waals surface area contributed by atoms with Crippen LogP contribution in [0.4, 0.5) is 0 Å². The maximum atomic E-state index is 12.7. The minimum Gasteiger partial charge on any atom is -0.497 e. The maximum Gasteiger partial charge on any atom is 0.261 e.